The van der Waals surface area contributed by atoms with Gasteiger partial charge in [-0.2, -0.15) is 0 Å². The smallest absolute Gasteiger partial charge is 0.327 e. The number of esters is 1. The van der Waals surface area contributed by atoms with E-state index in [0.29, 0.717) is 0 Å². The van der Waals surface area contributed by atoms with E-state index in [4.69, 9.17) is 4.74 Å². The minimum atomic E-state index is -0.512. The quantitative estimate of drug-likeness (QED) is 0.813. The Morgan fingerprint density at radius 3 is 2.60 bits per heavy atom. The summed E-state index contributed by atoms with van der Waals surface area (Å²) in [5, 5.41) is 3.24. The number of methoxy groups -OCH3 is 1. The normalized spacial score (nSPS) is 17.1. The van der Waals surface area contributed by atoms with E-state index in [1.807, 2.05) is 0 Å². The van der Waals surface area contributed by atoms with Gasteiger partial charge in [-0.05, 0) is 36.6 Å². The Hall–Kier alpha value is -1.42. The lowest BCUT2D eigenvalue weighted by atomic mass is 10.0. The molecule has 0 radical (unpaired) electrons. The third-order valence-electron chi connectivity index (χ3n) is 4.02. The lowest BCUT2D eigenvalue weighted by Gasteiger charge is -2.18. The summed E-state index contributed by atoms with van der Waals surface area (Å²) in [4.78, 5) is 11.8. The molecule has 1 saturated carbocycles. The summed E-state index contributed by atoms with van der Waals surface area (Å²) in [6.45, 7) is 0.780. The zero-order chi connectivity index (χ0) is 14.4. The van der Waals surface area contributed by atoms with Crippen LogP contribution < -0.4 is 5.32 Å². The first-order valence-corrected chi connectivity index (χ1v) is 7.27. The number of halogens is 1. The molecule has 1 aromatic carbocycles. The minimum absolute atomic E-state index is 0.302. The summed E-state index contributed by atoms with van der Waals surface area (Å²) < 4.78 is 17.8. The van der Waals surface area contributed by atoms with E-state index in [2.05, 4.69) is 5.32 Å². The van der Waals surface area contributed by atoms with Crippen LogP contribution in [0.5, 0.6) is 0 Å². The lowest BCUT2D eigenvalue weighted by molar-refractivity contribution is -0.143. The highest BCUT2D eigenvalue weighted by molar-refractivity contribution is 5.77. The molecule has 0 amide bonds. The fraction of sp³-hybridized carbons (Fsp3) is 0.562. The van der Waals surface area contributed by atoms with Gasteiger partial charge in [0.05, 0.1) is 7.11 Å². The van der Waals surface area contributed by atoms with Gasteiger partial charge >= 0.3 is 5.97 Å². The first kappa shape index (κ1) is 15.0. The van der Waals surface area contributed by atoms with Gasteiger partial charge in [-0.25, -0.2) is 9.18 Å². The second-order valence-electron chi connectivity index (χ2n) is 5.40. The SMILES string of the molecule is COC(=O)C(NCCC1CCCC1)c1ccc(F)cc1. The average Bonchev–Trinajstić information content (AvgIpc) is 2.97. The van der Waals surface area contributed by atoms with Crippen LogP contribution in [0.4, 0.5) is 4.39 Å². The van der Waals surface area contributed by atoms with Gasteiger partial charge in [0.1, 0.15) is 11.9 Å². The maximum atomic E-state index is 13.0. The molecule has 0 aliphatic heterocycles. The van der Waals surface area contributed by atoms with E-state index in [0.717, 1.165) is 24.4 Å². The third-order valence-corrected chi connectivity index (χ3v) is 4.02. The lowest BCUT2D eigenvalue weighted by Crippen LogP contribution is -2.31. The van der Waals surface area contributed by atoms with Crippen molar-refractivity contribution in [2.75, 3.05) is 13.7 Å². The number of hydrogen-bond acceptors (Lipinski definition) is 3. The van der Waals surface area contributed by atoms with Gasteiger partial charge in [0.15, 0.2) is 0 Å². The van der Waals surface area contributed by atoms with Crippen LogP contribution in [0.1, 0.15) is 43.7 Å². The fourth-order valence-corrected chi connectivity index (χ4v) is 2.84. The largest absolute Gasteiger partial charge is 0.468 e. The van der Waals surface area contributed by atoms with Gasteiger partial charge in [-0.1, -0.05) is 37.8 Å². The number of hydrogen-bond donors (Lipinski definition) is 1. The zero-order valence-electron chi connectivity index (χ0n) is 11.9. The molecule has 1 aliphatic carbocycles. The van der Waals surface area contributed by atoms with Crippen molar-refractivity contribution < 1.29 is 13.9 Å². The Morgan fingerprint density at radius 1 is 1.35 bits per heavy atom. The van der Waals surface area contributed by atoms with Crippen molar-refractivity contribution in [2.45, 2.75) is 38.1 Å². The summed E-state index contributed by atoms with van der Waals surface area (Å²) >= 11 is 0. The molecule has 110 valence electrons. The van der Waals surface area contributed by atoms with Crippen LogP contribution in [0.25, 0.3) is 0 Å². The Labute approximate surface area is 119 Å². The van der Waals surface area contributed by atoms with Crippen molar-refractivity contribution in [2.24, 2.45) is 5.92 Å². The average molecular weight is 279 g/mol. The van der Waals surface area contributed by atoms with Gasteiger partial charge in [0, 0.05) is 0 Å². The molecule has 4 heteroatoms. The van der Waals surface area contributed by atoms with E-state index in [1.54, 1.807) is 12.1 Å². The second-order valence-corrected chi connectivity index (χ2v) is 5.40. The summed E-state index contributed by atoms with van der Waals surface area (Å²) in [6, 6.07) is 5.47. The fourth-order valence-electron chi connectivity index (χ4n) is 2.84. The van der Waals surface area contributed by atoms with Crippen LogP contribution in [0.15, 0.2) is 24.3 Å². The molecule has 0 heterocycles. The van der Waals surface area contributed by atoms with E-state index in [1.165, 1.54) is 44.9 Å². The van der Waals surface area contributed by atoms with Crippen molar-refractivity contribution in [3.8, 4) is 0 Å². The Balaban J connectivity index is 1.92. The van der Waals surface area contributed by atoms with Gasteiger partial charge in [-0.3, -0.25) is 0 Å². The van der Waals surface area contributed by atoms with Crippen molar-refractivity contribution >= 4 is 5.97 Å². The molecule has 0 spiro atoms. The Kier molecular flexibility index (Phi) is 5.53. The molecular weight excluding hydrogens is 257 g/mol. The highest BCUT2D eigenvalue weighted by Gasteiger charge is 2.22. The predicted octanol–water partition coefficient (Wildman–Crippen LogP) is 3.21. The van der Waals surface area contributed by atoms with Crippen LogP contribution in [-0.4, -0.2) is 19.6 Å². The maximum absolute atomic E-state index is 13.0. The number of carbonyl (C=O) groups excluding carboxylic acids is 1. The molecule has 1 unspecified atom stereocenters. The summed E-state index contributed by atoms with van der Waals surface area (Å²) in [7, 11) is 1.37. The molecule has 3 nitrogen and oxygen atoms in total. The second kappa shape index (κ2) is 7.39. The zero-order valence-corrected chi connectivity index (χ0v) is 11.9. The van der Waals surface area contributed by atoms with E-state index in [9.17, 15) is 9.18 Å². The summed E-state index contributed by atoms with van der Waals surface area (Å²) in [6.07, 6.45) is 6.31. The molecule has 1 fully saturated rings. The van der Waals surface area contributed by atoms with Crippen molar-refractivity contribution in [3.63, 3.8) is 0 Å². The van der Waals surface area contributed by atoms with Crippen molar-refractivity contribution in [1.29, 1.82) is 0 Å². The molecule has 1 aromatic rings. The highest BCUT2D eigenvalue weighted by atomic mass is 19.1. The number of carbonyl (C=O) groups is 1. The number of rotatable bonds is 6. The maximum Gasteiger partial charge on any atom is 0.327 e. The highest BCUT2D eigenvalue weighted by Crippen LogP contribution is 2.27. The molecule has 20 heavy (non-hydrogen) atoms. The molecule has 1 aliphatic rings. The van der Waals surface area contributed by atoms with Crippen LogP contribution in [-0.2, 0) is 9.53 Å². The van der Waals surface area contributed by atoms with Crippen molar-refractivity contribution in [3.05, 3.63) is 35.6 Å². The summed E-state index contributed by atoms with van der Waals surface area (Å²) in [5.41, 5.74) is 0.740. The molecule has 1 N–H and O–H groups in total. The van der Waals surface area contributed by atoms with Gasteiger partial charge < -0.3 is 10.1 Å². The van der Waals surface area contributed by atoms with Crippen LogP contribution in [0.3, 0.4) is 0 Å². The molecule has 1 atom stereocenters. The van der Waals surface area contributed by atoms with Gasteiger partial charge in [0.2, 0.25) is 0 Å². The number of ether oxygens (including phenoxy) is 1. The Morgan fingerprint density at radius 2 is 2.00 bits per heavy atom. The molecule has 0 bridgehead atoms. The topological polar surface area (TPSA) is 38.3 Å². The summed E-state index contributed by atoms with van der Waals surface area (Å²) in [5.74, 6) is 0.139. The van der Waals surface area contributed by atoms with Crippen molar-refractivity contribution in [1.82, 2.24) is 5.32 Å². The first-order valence-electron chi connectivity index (χ1n) is 7.27. The van der Waals surface area contributed by atoms with E-state index in [-0.39, 0.29) is 11.8 Å². The Bertz CT molecular complexity index is 427. The van der Waals surface area contributed by atoms with Crippen LogP contribution in [0, 0.1) is 11.7 Å². The van der Waals surface area contributed by atoms with Crippen LogP contribution in [0.2, 0.25) is 0 Å². The number of nitrogens with one attached hydrogen (secondary N) is 1. The first-order chi connectivity index (χ1) is 9.70. The monoisotopic (exact) mass is 279 g/mol. The molecule has 0 aromatic heterocycles. The van der Waals surface area contributed by atoms with Gasteiger partial charge in [0.25, 0.3) is 0 Å². The van der Waals surface area contributed by atoms with E-state index >= 15 is 0 Å². The van der Waals surface area contributed by atoms with Gasteiger partial charge in [-0.15, -0.1) is 0 Å². The number of benzene rings is 1. The molecule has 0 saturated heterocycles. The molecular formula is C16H22FNO2. The third kappa shape index (κ3) is 4.04. The molecule has 2 rings (SSSR count). The van der Waals surface area contributed by atoms with Crippen LogP contribution >= 0.6 is 0 Å². The standard InChI is InChI=1S/C16H22FNO2/c1-20-16(19)15(13-6-8-14(17)9-7-13)18-11-10-12-4-2-3-5-12/h6-9,12,15,18H,2-5,10-11H2,1H3. The predicted molar refractivity (Wildman–Crippen MR) is 75.7 cm³/mol. The minimum Gasteiger partial charge on any atom is -0.468 e. The van der Waals surface area contributed by atoms with E-state index < -0.39 is 6.04 Å².